The van der Waals surface area contributed by atoms with E-state index >= 15 is 0 Å². The summed E-state index contributed by atoms with van der Waals surface area (Å²) in [7, 11) is -3.46. The van der Waals surface area contributed by atoms with Crippen LogP contribution in [0.4, 0.5) is 18.9 Å². The maximum Gasteiger partial charge on any atom is 0.415 e. The second-order valence-electron chi connectivity index (χ2n) is 7.07. The maximum atomic E-state index is 13.5. The summed E-state index contributed by atoms with van der Waals surface area (Å²) >= 11 is 0. The molecule has 0 aromatic heterocycles. The molecule has 27 heavy (non-hydrogen) atoms. The van der Waals surface area contributed by atoms with Crippen LogP contribution in [-0.4, -0.2) is 52.2 Å². The molecule has 1 saturated heterocycles. The molecule has 9 heteroatoms. The molecule has 0 saturated carbocycles. The molecule has 0 amide bonds. The lowest BCUT2D eigenvalue weighted by molar-refractivity contribution is -0.0942. The van der Waals surface area contributed by atoms with E-state index < -0.39 is 21.6 Å². The molecular formula is C18H23F3N2O3S. The summed E-state index contributed by atoms with van der Waals surface area (Å²) < 4.78 is 69.7. The number of alkyl halides is 3. The standard InChI is InChI=1S/C18H23F3N2O3S/c1-13-17(18(19,20)21)11-22(10-14-5-4-8-26-12-14)23(13)15-6-3-7-16(9-15)27(2,24)25/h3,6-7,9,14H,4-5,8,10-12H2,1-2H3. The van der Waals surface area contributed by atoms with Crippen LogP contribution in [0.25, 0.3) is 0 Å². The first-order chi connectivity index (χ1) is 12.6. The molecule has 150 valence electrons. The van der Waals surface area contributed by atoms with Crippen LogP contribution in [0.15, 0.2) is 40.4 Å². The number of anilines is 1. The Morgan fingerprint density at radius 1 is 1.30 bits per heavy atom. The largest absolute Gasteiger partial charge is 0.415 e. The zero-order chi connectivity index (χ0) is 19.8. The highest BCUT2D eigenvalue weighted by molar-refractivity contribution is 7.90. The number of hydrazine groups is 1. The van der Waals surface area contributed by atoms with Crippen LogP contribution in [-0.2, 0) is 14.6 Å². The number of rotatable bonds is 4. The van der Waals surface area contributed by atoms with Gasteiger partial charge in [0.1, 0.15) is 0 Å². The fourth-order valence-electron chi connectivity index (χ4n) is 3.60. The van der Waals surface area contributed by atoms with Crippen LogP contribution in [0, 0.1) is 5.92 Å². The third-order valence-electron chi connectivity index (χ3n) is 4.93. The Balaban J connectivity index is 1.97. The van der Waals surface area contributed by atoms with Gasteiger partial charge in [-0.3, -0.25) is 5.01 Å². The average Bonchev–Trinajstić information content (AvgIpc) is 2.91. The quantitative estimate of drug-likeness (QED) is 0.770. The molecule has 1 fully saturated rings. The number of sulfone groups is 1. The summed E-state index contributed by atoms with van der Waals surface area (Å²) in [4.78, 5) is 0.0780. The van der Waals surface area contributed by atoms with Crippen LogP contribution in [0.2, 0.25) is 0 Å². The Hall–Kier alpha value is -1.58. The number of halogens is 3. The Kier molecular flexibility index (Phi) is 5.56. The fourth-order valence-corrected chi connectivity index (χ4v) is 4.26. The van der Waals surface area contributed by atoms with E-state index in [1.165, 1.54) is 24.1 Å². The molecule has 0 spiro atoms. The molecule has 1 unspecified atom stereocenters. The van der Waals surface area contributed by atoms with Crippen molar-refractivity contribution in [2.45, 2.75) is 30.8 Å². The number of allylic oxidation sites excluding steroid dienone is 1. The minimum atomic E-state index is -4.44. The van der Waals surface area contributed by atoms with E-state index in [1.807, 2.05) is 0 Å². The highest BCUT2D eigenvalue weighted by Gasteiger charge is 2.43. The van der Waals surface area contributed by atoms with Crippen molar-refractivity contribution in [3.63, 3.8) is 0 Å². The van der Waals surface area contributed by atoms with Crippen molar-refractivity contribution in [2.24, 2.45) is 5.92 Å². The monoisotopic (exact) mass is 404 g/mol. The molecule has 0 N–H and O–H groups in total. The average molecular weight is 404 g/mol. The lowest BCUT2D eigenvalue weighted by atomic mass is 10.0. The van der Waals surface area contributed by atoms with Crippen molar-refractivity contribution in [3.8, 4) is 0 Å². The zero-order valence-electron chi connectivity index (χ0n) is 15.3. The van der Waals surface area contributed by atoms with Crippen molar-refractivity contribution >= 4 is 15.5 Å². The number of nitrogens with zero attached hydrogens (tertiary/aromatic N) is 2. The molecule has 1 atom stereocenters. The Morgan fingerprint density at radius 2 is 2.04 bits per heavy atom. The van der Waals surface area contributed by atoms with Crippen molar-refractivity contribution in [2.75, 3.05) is 37.6 Å². The van der Waals surface area contributed by atoms with Gasteiger partial charge in [0.2, 0.25) is 0 Å². The van der Waals surface area contributed by atoms with Crippen LogP contribution in [0.3, 0.4) is 0 Å². The lowest BCUT2D eigenvalue weighted by Crippen LogP contribution is -2.42. The highest BCUT2D eigenvalue weighted by atomic mass is 32.2. The van der Waals surface area contributed by atoms with E-state index in [-0.39, 0.29) is 23.1 Å². The fraction of sp³-hybridized carbons (Fsp3) is 0.556. The first-order valence-corrected chi connectivity index (χ1v) is 10.7. The summed E-state index contributed by atoms with van der Waals surface area (Å²) in [5.74, 6) is 0.139. The molecule has 5 nitrogen and oxygen atoms in total. The molecule has 2 aliphatic heterocycles. The van der Waals surface area contributed by atoms with E-state index in [0.717, 1.165) is 19.1 Å². The SMILES string of the molecule is CC1=C(C(F)(F)F)CN(CC2CCCOC2)N1c1cccc(S(C)(=O)=O)c1. The van der Waals surface area contributed by atoms with Gasteiger partial charge in [-0.2, -0.15) is 13.2 Å². The molecule has 0 aliphatic carbocycles. The number of hydrogen-bond acceptors (Lipinski definition) is 5. The second-order valence-corrected chi connectivity index (χ2v) is 9.09. The van der Waals surface area contributed by atoms with E-state index in [2.05, 4.69) is 0 Å². The van der Waals surface area contributed by atoms with Gasteiger partial charge in [0.05, 0.1) is 29.3 Å². The summed E-state index contributed by atoms with van der Waals surface area (Å²) in [6, 6.07) is 6.04. The van der Waals surface area contributed by atoms with Crippen LogP contribution in [0.1, 0.15) is 19.8 Å². The van der Waals surface area contributed by atoms with Gasteiger partial charge < -0.3 is 4.74 Å². The molecule has 3 rings (SSSR count). The molecule has 0 bridgehead atoms. The minimum Gasteiger partial charge on any atom is -0.381 e. The normalized spacial score (nSPS) is 22.6. The number of ether oxygens (including phenoxy) is 1. The van der Waals surface area contributed by atoms with Gasteiger partial charge in [0, 0.05) is 25.1 Å². The Morgan fingerprint density at radius 3 is 2.63 bits per heavy atom. The minimum absolute atomic E-state index is 0.0740. The second kappa shape index (κ2) is 7.44. The van der Waals surface area contributed by atoms with Gasteiger partial charge in [-0.25, -0.2) is 13.4 Å². The van der Waals surface area contributed by atoms with Gasteiger partial charge in [0.25, 0.3) is 0 Å². The zero-order valence-corrected chi connectivity index (χ0v) is 16.1. The van der Waals surface area contributed by atoms with Gasteiger partial charge in [0.15, 0.2) is 9.84 Å². The highest BCUT2D eigenvalue weighted by Crippen LogP contribution is 2.39. The van der Waals surface area contributed by atoms with Gasteiger partial charge in [-0.15, -0.1) is 0 Å². The van der Waals surface area contributed by atoms with Gasteiger partial charge >= 0.3 is 6.18 Å². The maximum absolute atomic E-state index is 13.5. The molecule has 1 aromatic rings. The van der Waals surface area contributed by atoms with Crippen molar-refractivity contribution in [1.29, 1.82) is 0 Å². The predicted octanol–water partition coefficient (Wildman–Crippen LogP) is 3.39. The first-order valence-electron chi connectivity index (χ1n) is 8.77. The Labute approximate surface area is 157 Å². The van der Waals surface area contributed by atoms with Gasteiger partial charge in [-0.05, 0) is 43.9 Å². The molecule has 2 heterocycles. The third kappa shape index (κ3) is 4.47. The topological polar surface area (TPSA) is 49.9 Å². The van der Waals surface area contributed by atoms with Crippen molar-refractivity contribution in [1.82, 2.24) is 5.01 Å². The number of benzene rings is 1. The number of hydrogen-bond donors (Lipinski definition) is 0. The predicted molar refractivity (Wildman–Crippen MR) is 95.9 cm³/mol. The molecule has 2 aliphatic rings. The van der Waals surface area contributed by atoms with Crippen molar-refractivity contribution < 1.29 is 26.3 Å². The summed E-state index contributed by atoms with van der Waals surface area (Å²) in [5, 5.41) is 3.13. The van der Waals surface area contributed by atoms with E-state index in [0.29, 0.717) is 25.4 Å². The molecular weight excluding hydrogens is 381 g/mol. The molecule has 1 aromatic carbocycles. The lowest BCUT2D eigenvalue weighted by Gasteiger charge is -2.35. The smallest absolute Gasteiger partial charge is 0.381 e. The van der Waals surface area contributed by atoms with Gasteiger partial charge in [-0.1, -0.05) is 6.07 Å². The van der Waals surface area contributed by atoms with Crippen molar-refractivity contribution in [3.05, 3.63) is 35.5 Å². The Bertz CT molecular complexity index is 830. The van der Waals surface area contributed by atoms with Crippen LogP contribution < -0.4 is 5.01 Å². The van der Waals surface area contributed by atoms with E-state index in [1.54, 1.807) is 17.1 Å². The van der Waals surface area contributed by atoms with E-state index in [4.69, 9.17) is 4.74 Å². The molecule has 0 radical (unpaired) electrons. The van der Waals surface area contributed by atoms with Crippen LogP contribution in [0.5, 0.6) is 0 Å². The third-order valence-corrected chi connectivity index (χ3v) is 6.04. The van der Waals surface area contributed by atoms with Crippen LogP contribution >= 0.6 is 0 Å². The summed E-state index contributed by atoms with van der Waals surface area (Å²) in [6.07, 6.45) is -1.57. The summed E-state index contributed by atoms with van der Waals surface area (Å²) in [6.45, 7) is 2.79. The summed E-state index contributed by atoms with van der Waals surface area (Å²) in [5.41, 5.74) is -0.125. The first kappa shape index (κ1) is 20.2. The van der Waals surface area contributed by atoms with E-state index in [9.17, 15) is 21.6 Å².